The topological polar surface area (TPSA) is 35.5 Å². The number of carbonyl (C=O) groups excluding carboxylic acids is 1. The molecule has 18 heavy (non-hydrogen) atoms. The highest BCUT2D eigenvalue weighted by atomic mass is 79.9. The zero-order chi connectivity index (χ0) is 13.0. The summed E-state index contributed by atoms with van der Waals surface area (Å²) in [6, 6.07) is 7.85. The second-order valence-corrected chi connectivity index (χ2v) is 5.48. The van der Waals surface area contributed by atoms with E-state index in [1.807, 2.05) is 24.3 Å². The van der Waals surface area contributed by atoms with Crippen LogP contribution in [0.25, 0.3) is 0 Å². The number of benzene rings is 1. The van der Waals surface area contributed by atoms with E-state index < -0.39 is 0 Å². The van der Waals surface area contributed by atoms with E-state index in [4.69, 9.17) is 9.47 Å². The van der Waals surface area contributed by atoms with Crippen molar-refractivity contribution in [3.63, 3.8) is 0 Å². The smallest absolute Gasteiger partial charge is 0.308 e. The van der Waals surface area contributed by atoms with Crippen LogP contribution in [0.2, 0.25) is 0 Å². The number of rotatable bonds is 3. The first-order chi connectivity index (χ1) is 8.69. The van der Waals surface area contributed by atoms with Crippen molar-refractivity contribution in [2.75, 3.05) is 7.11 Å². The standard InChI is InChI=1S/C14H17BrO3/c1-17-14(16)10-2-6-12(7-3-10)18-13-8-4-11(15)5-9-13/h4-5,8-10,12H,2-3,6-7H2,1H3. The van der Waals surface area contributed by atoms with Gasteiger partial charge in [0.15, 0.2) is 0 Å². The number of ether oxygens (including phenoxy) is 2. The van der Waals surface area contributed by atoms with Crippen LogP contribution < -0.4 is 4.74 Å². The van der Waals surface area contributed by atoms with Crippen molar-refractivity contribution in [1.82, 2.24) is 0 Å². The third-order valence-electron chi connectivity index (χ3n) is 3.33. The summed E-state index contributed by atoms with van der Waals surface area (Å²) in [6.45, 7) is 0. The molecular weight excluding hydrogens is 296 g/mol. The zero-order valence-electron chi connectivity index (χ0n) is 10.4. The van der Waals surface area contributed by atoms with E-state index >= 15 is 0 Å². The highest BCUT2D eigenvalue weighted by molar-refractivity contribution is 9.10. The summed E-state index contributed by atoms with van der Waals surface area (Å²) >= 11 is 3.40. The van der Waals surface area contributed by atoms with E-state index in [0.717, 1.165) is 35.9 Å². The lowest BCUT2D eigenvalue weighted by atomic mass is 9.87. The maximum Gasteiger partial charge on any atom is 0.308 e. The van der Waals surface area contributed by atoms with Crippen LogP contribution in [0.4, 0.5) is 0 Å². The number of methoxy groups -OCH3 is 1. The molecule has 0 aromatic heterocycles. The van der Waals surface area contributed by atoms with Crippen LogP contribution in [0, 0.1) is 5.92 Å². The molecule has 0 atom stereocenters. The number of hydrogen-bond donors (Lipinski definition) is 0. The Bertz CT molecular complexity index is 394. The van der Waals surface area contributed by atoms with Gasteiger partial charge >= 0.3 is 5.97 Å². The molecule has 0 aliphatic heterocycles. The minimum absolute atomic E-state index is 0.0553. The Kier molecular flexibility index (Phi) is 4.64. The molecule has 1 fully saturated rings. The Morgan fingerprint density at radius 1 is 1.17 bits per heavy atom. The first-order valence-electron chi connectivity index (χ1n) is 6.19. The Morgan fingerprint density at radius 3 is 2.33 bits per heavy atom. The zero-order valence-corrected chi connectivity index (χ0v) is 12.0. The molecule has 0 saturated heterocycles. The van der Waals surface area contributed by atoms with Gasteiger partial charge in [-0.2, -0.15) is 0 Å². The van der Waals surface area contributed by atoms with E-state index in [1.54, 1.807) is 0 Å². The fourth-order valence-corrected chi connectivity index (χ4v) is 2.55. The van der Waals surface area contributed by atoms with Gasteiger partial charge in [0.25, 0.3) is 0 Å². The third-order valence-corrected chi connectivity index (χ3v) is 3.85. The summed E-state index contributed by atoms with van der Waals surface area (Å²) in [5.74, 6) is 0.858. The van der Waals surface area contributed by atoms with Crippen LogP contribution in [-0.4, -0.2) is 19.2 Å². The monoisotopic (exact) mass is 312 g/mol. The van der Waals surface area contributed by atoms with Crippen LogP contribution in [0.15, 0.2) is 28.7 Å². The third kappa shape index (κ3) is 3.48. The molecule has 0 spiro atoms. The molecule has 98 valence electrons. The van der Waals surface area contributed by atoms with E-state index in [1.165, 1.54) is 7.11 Å². The van der Waals surface area contributed by atoms with Crippen molar-refractivity contribution in [2.45, 2.75) is 31.8 Å². The molecule has 0 amide bonds. The van der Waals surface area contributed by atoms with Crippen molar-refractivity contribution in [3.8, 4) is 5.75 Å². The first kappa shape index (κ1) is 13.4. The average Bonchev–Trinajstić information content (AvgIpc) is 2.41. The summed E-state index contributed by atoms with van der Waals surface area (Å²) in [5.41, 5.74) is 0. The Balaban J connectivity index is 1.83. The molecule has 0 unspecified atom stereocenters. The number of hydrogen-bond acceptors (Lipinski definition) is 3. The molecule has 0 heterocycles. The van der Waals surface area contributed by atoms with Gasteiger partial charge in [-0.1, -0.05) is 15.9 Å². The van der Waals surface area contributed by atoms with Crippen molar-refractivity contribution in [1.29, 1.82) is 0 Å². The fourth-order valence-electron chi connectivity index (χ4n) is 2.29. The molecule has 1 aromatic carbocycles. The van der Waals surface area contributed by atoms with Gasteiger partial charge < -0.3 is 9.47 Å². The van der Waals surface area contributed by atoms with Crippen molar-refractivity contribution in [3.05, 3.63) is 28.7 Å². The summed E-state index contributed by atoms with van der Waals surface area (Å²) in [7, 11) is 1.45. The van der Waals surface area contributed by atoms with Gasteiger partial charge in [-0.15, -0.1) is 0 Å². The highest BCUT2D eigenvalue weighted by Crippen LogP contribution is 2.28. The minimum atomic E-state index is -0.0860. The van der Waals surface area contributed by atoms with Gasteiger partial charge in [-0.05, 0) is 49.9 Å². The van der Waals surface area contributed by atoms with Crippen LogP contribution in [0.3, 0.4) is 0 Å². The second-order valence-electron chi connectivity index (χ2n) is 4.57. The van der Waals surface area contributed by atoms with Crippen LogP contribution in [-0.2, 0) is 9.53 Å². The van der Waals surface area contributed by atoms with Crippen LogP contribution >= 0.6 is 15.9 Å². The van der Waals surface area contributed by atoms with Gasteiger partial charge in [0.1, 0.15) is 5.75 Å². The molecule has 1 aliphatic carbocycles. The lowest BCUT2D eigenvalue weighted by Gasteiger charge is -2.27. The molecule has 3 nitrogen and oxygen atoms in total. The molecule has 0 bridgehead atoms. The van der Waals surface area contributed by atoms with Crippen LogP contribution in [0.1, 0.15) is 25.7 Å². The molecular formula is C14H17BrO3. The summed E-state index contributed by atoms with van der Waals surface area (Å²) < 4.78 is 11.7. The van der Waals surface area contributed by atoms with E-state index in [9.17, 15) is 4.79 Å². The Morgan fingerprint density at radius 2 is 1.78 bits per heavy atom. The summed E-state index contributed by atoms with van der Waals surface area (Å²) in [6.07, 6.45) is 3.75. The van der Waals surface area contributed by atoms with E-state index in [2.05, 4.69) is 15.9 Å². The molecule has 0 radical (unpaired) electrons. The lowest BCUT2D eigenvalue weighted by molar-refractivity contribution is -0.147. The summed E-state index contributed by atoms with van der Waals surface area (Å²) in [5, 5.41) is 0. The fraction of sp³-hybridized carbons (Fsp3) is 0.500. The van der Waals surface area contributed by atoms with E-state index in [0.29, 0.717) is 0 Å². The normalized spacial score (nSPS) is 23.4. The van der Waals surface area contributed by atoms with Gasteiger partial charge in [0, 0.05) is 4.47 Å². The maximum absolute atomic E-state index is 11.4. The highest BCUT2D eigenvalue weighted by Gasteiger charge is 2.27. The van der Waals surface area contributed by atoms with Gasteiger partial charge in [0.2, 0.25) is 0 Å². The minimum Gasteiger partial charge on any atom is -0.490 e. The predicted octanol–water partition coefficient (Wildman–Crippen LogP) is 3.56. The molecule has 4 heteroatoms. The molecule has 0 N–H and O–H groups in total. The molecule has 1 saturated carbocycles. The predicted molar refractivity (Wildman–Crippen MR) is 72.5 cm³/mol. The number of esters is 1. The van der Waals surface area contributed by atoms with Gasteiger partial charge in [-0.3, -0.25) is 4.79 Å². The quantitative estimate of drug-likeness (QED) is 0.801. The van der Waals surface area contributed by atoms with Crippen molar-refractivity contribution in [2.24, 2.45) is 5.92 Å². The maximum atomic E-state index is 11.4. The average molecular weight is 313 g/mol. The number of carbonyl (C=O) groups is 1. The van der Waals surface area contributed by atoms with Gasteiger partial charge in [0.05, 0.1) is 19.1 Å². The Hall–Kier alpha value is -1.03. The SMILES string of the molecule is COC(=O)C1CCC(Oc2ccc(Br)cc2)CC1. The first-order valence-corrected chi connectivity index (χ1v) is 6.98. The van der Waals surface area contributed by atoms with Gasteiger partial charge in [-0.25, -0.2) is 0 Å². The lowest BCUT2D eigenvalue weighted by Crippen LogP contribution is -2.28. The summed E-state index contributed by atoms with van der Waals surface area (Å²) in [4.78, 5) is 11.4. The second kappa shape index (κ2) is 6.23. The molecule has 1 aromatic rings. The number of halogens is 1. The van der Waals surface area contributed by atoms with E-state index in [-0.39, 0.29) is 18.0 Å². The van der Waals surface area contributed by atoms with Crippen molar-refractivity contribution >= 4 is 21.9 Å². The Labute approximate surface area is 116 Å². The van der Waals surface area contributed by atoms with Crippen molar-refractivity contribution < 1.29 is 14.3 Å². The molecule has 1 aliphatic rings. The van der Waals surface area contributed by atoms with Crippen LogP contribution in [0.5, 0.6) is 5.75 Å². The largest absolute Gasteiger partial charge is 0.490 e. The molecule has 2 rings (SSSR count).